The highest BCUT2D eigenvalue weighted by Gasteiger charge is 2.17. The van der Waals surface area contributed by atoms with Gasteiger partial charge >= 0.3 is 0 Å². The Labute approximate surface area is 211 Å². The Morgan fingerprint density at radius 3 is 2.79 bits per heavy atom. The number of ether oxygens (including phenoxy) is 2. The number of methoxy groups -OCH3 is 1. The van der Waals surface area contributed by atoms with Crippen molar-refractivity contribution in [2.75, 3.05) is 19.1 Å². The van der Waals surface area contributed by atoms with Gasteiger partial charge in [0.25, 0.3) is 5.91 Å². The fraction of sp³-hybridized carbons (Fsp3) is 0.320. The van der Waals surface area contributed by atoms with Gasteiger partial charge in [-0.3, -0.25) is 10.2 Å². The normalized spacial score (nSPS) is 14.2. The number of hydrogen-bond acceptors (Lipinski definition) is 7. The first-order chi connectivity index (χ1) is 16.6. The van der Waals surface area contributed by atoms with Gasteiger partial charge in [0.2, 0.25) is 5.13 Å². The molecule has 34 heavy (non-hydrogen) atoms. The molecule has 2 N–H and O–H groups in total. The van der Waals surface area contributed by atoms with E-state index in [9.17, 15) is 4.79 Å². The van der Waals surface area contributed by atoms with Gasteiger partial charge in [-0.15, -0.1) is 11.3 Å². The van der Waals surface area contributed by atoms with E-state index in [2.05, 4.69) is 36.8 Å². The number of carbonyl (C=O) groups excluding carboxylic acids is 1. The lowest BCUT2D eigenvalue weighted by atomic mass is 9.95. The van der Waals surface area contributed by atoms with Crippen molar-refractivity contribution in [3.8, 4) is 22.8 Å². The summed E-state index contributed by atoms with van der Waals surface area (Å²) >= 11 is 5.01. The number of hydrogen-bond donors (Lipinski definition) is 2. The number of thiazole rings is 1. The van der Waals surface area contributed by atoms with E-state index in [-0.39, 0.29) is 18.6 Å². The summed E-state index contributed by atoms with van der Waals surface area (Å²) in [5.74, 6) is 0.884. The largest absolute Gasteiger partial charge is 0.493 e. The number of nitrogens with one attached hydrogen (secondary N) is 2. The van der Waals surface area contributed by atoms with Crippen molar-refractivity contribution in [1.82, 2.24) is 10.3 Å². The predicted molar refractivity (Wildman–Crippen MR) is 140 cm³/mol. The molecule has 4 rings (SSSR count). The van der Waals surface area contributed by atoms with Gasteiger partial charge in [0.05, 0.1) is 23.5 Å². The minimum atomic E-state index is -0.117. The van der Waals surface area contributed by atoms with Crippen molar-refractivity contribution < 1.29 is 14.3 Å². The molecule has 0 atom stereocenters. The zero-order chi connectivity index (χ0) is 23.8. The average molecular weight is 543 g/mol. The molecule has 1 aromatic heterocycles. The van der Waals surface area contributed by atoms with Gasteiger partial charge in [0.1, 0.15) is 0 Å². The molecule has 3 aromatic rings. The van der Waals surface area contributed by atoms with Crippen LogP contribution in [0.5, 0.6) is 11.5 Å². The van der Waals surface area contributed by atoms with Gasteiger partial charge < -0.3 is 14.8 Å². The van der Waals surface area contributed by atoms with E-state index in [0.29, 0.717) is 21.1 Å². The highest BCUT2D eigenvalue weighted by Crippen LogP contribution is 2.36. The molecule has 0 bridgehead atoms. The Morgan fingerprint density at radius 2 is 2.03 bits per heavy atom. The van der Waals surface area contributed by atoms with Crippen LogP contribution in [0.1, 0.15) is 37.7 Å². The molecular weight excluding hydrogens is 516 g/mol. The molecule has 0 radical (unpaired) electrons. The van der Waals surface area contributed by atoms with E-state index >= 15 is 0 Å². The van der Waals surface area contributed by atoms with Crippen molar-refractivity contribution in [3.63, 3.8) is 0 Å². The number of aromatic nitrogens is 1. The molecule has 0 spiro atoms. The van der Waals surface area contributed by atoms with Gasteiger partial charge in [0, 0.05) is 17.0 Å². The van der Waals surface area contributed by atoms with E-state index < -0.39 is 0 Å². The topological polar surface area (TPSA) is 84.8 Å². The number of benzene rings is 2. The van der Waals surface area contributed by atoms with Gasteiger partial charge in [-0.25, -0.2) is 4.98 Å². The Morgan fingerprint density at radius 1 is 1.24 bits per heavy atom. The molecule has 1 aliphatic rings. The number of nitrogens with zero attached hydrogens (tertiary/aromatic N) is 2. The molecule has 1 saturated carbocycles. The predicted octanol–water partition coefficient (Wildman–Crippen LogP) is 5.85. The number of carbonyl (C=O) groups is 1. The van der Waals surface area contributed by atoms with Crippen LogP contribution in [0.4, 0.5) is 5.13 Å². The van der Waals surface area contributed by atoms with Crippen LogP contribution in [0.15, 0.2) is 57.4 Å². The Bertz CT molecular complexity index is 1130. The van der Waals surface area contributed by atoms with Crippen LogP contribution >= 0.6 is 27.3 Å². The zero-order valence-electron chi connectivity index (χ0n) is 18.9. The van der Waals surface area contributed by atoms with E-state index in [0.717, 1.165) is 29.7 Å². The monoisotopic (exact) mass is 542 g/mol. The third-order valence-corrected chi connectivity index (χ3v) is 6.85. The van der Waals surface area contributed by atoms with Crippen molar-refractivity contribution in [2.24, 2.45) is 5.10 Å². The zero-order valence-corrected chi connectivity index (χ0v) is 21.3. The van der Waals surface area contributed by atoms with E-state index in [1.165, 1.54) is 30.6 Å². The number of rotatable bonds is 9. The second-order valence-electron chi connectivity index (χ2n) is 8.00. The standard InChI is InChI=1S/C25H27BrN4O3S/c1-32-22-13-17(14-27-30-25-29-21(16-34-25)18-8-4-2-5-9-18)12-20(26)24(22)33-15-23(31)28-19-10-6-3-7-11-19/h2,4-5,8-9,12-14,16,19H,3,6-7,10-11,15H2,1H3,(H,28,31)(H,29,30). The van der Waals surface area contributed by atoms with Gasteiger partial charge in [-0.2, -0.15) is 5.10 Å². The Hall–Kier alpha value is -2.91. The maximum atomic E-state index is 12.3. The van der Waals surface area contributed by atoms with Gasteiger partial charge in [0.15, 0.2) is 18.1 Å². The summed E-state index contributed by atoms with van der Waals surface area (Å²) in [6, 6.07) is 13.9. The minimum absolute atomic E-state index is 0.0613. The van der Waals surface area contributed by atoms with Crippen LogP contribution in [0.3, 0.4) is 0 Å². The van der Waals surface area contributed by atoms with E-state index in [1.807, 2.05) is 47.8 Å². The molecule has 0 saturated heterocycles. The SMILES string of the molecule is COc1cc(C=NNc2nc(-c3ccccc3)cs2)cc(Br)c1OCC(=O)NC1CCCCC1. The maximum Gasteiger partial charge on any atom is 0.258 e. The quantitative estimate of drug-likeness (QED) is 0.261. The van der Waals surface area contributed by atoms with Crippen LogP contribution < -0.4 is 20.2 Å². The summed E-state index contributed by atoms with van der Waals surface area (Å²) < 4.78 is 12.0. The third-order valence-electron chi connectivity index (χ3n) is 5.52. The molecule has 7 nitrogen and oxygen atoms in total. The van der Waals surface area contributed by atoms with Gasteiger partial charge in [-0.05, 0) is 46.5 Å². The number of amides is 1. The molecular formula is C25H27BrN4O3S. The first kappa shape index (κ1) is 24.2. The van der Waals surface area contributed by atoms with Crippen molar-refractivity contribution >= 4 is 44.5 Å². The summed E-state index contributed by atoms with van der Waals surface area (Å²) in [5.41, 5.74) is 5.74. The molecule has 9 heteroatoms. The van der Waals surface area contributed by atoms with Gasteiger partial charge in [-0.1, -0.05) is 49.6 Å². The molecule has 1 fully saturated rings. The second kappa shape index (κ2) is 12.0. The number of anilines is 1. The van der Waals surface area contributed by atoms with Crippen molar-refractivity contribution in [1.29, 1.82) is 0 Å². The van der Waals surface area contributed by atoms with Crippen LogP contribution in [-0.2, 0) is 4.79 Å². The Balaban J connectivity index is 1.35. The minimum Gasteiger partial charge on any atom is -0.493 e. The lowest BCUT2D eigenvalue weighted by molar-refractivity contribution is -0.124. The molecule has 0 aliphatic heterocycles. The highest BCUT2D eigenvalue weighted by molar-refractivity contribution is 9.10. The summed E-state index contributed by atoms with van der Waals surface area (Å²) in [4.78, 5) is 16.9. The van der Waals surface area contributed by atoms with E-state index in [1.54, 1.807) is 13.3 Å². The maximum absolute atomic E-state index is 12.3. The fourth-order valence-electron chi connectivity index (χ4n) is 3.84. The fourth-order valence-corrected chi connectivity index (χ4v) is 5.08. The van der Waals surface area contributed by atoms with Crippen LogP contribution in [0.2, 0.25) is 0 Å². The summed E-state index contributed by atoms with van der Waals surface area (Å²) in [5, 5.41) is 10.0. The molecule has 1 heterocycles. The lowest BCUT2D eigenvalue weighted by Crippen LogP contribution is -2.39. The van der Waals surface area contributed by atoms with Crippen LogP contribution in [-0.4, -0.2) is 36.9 Å². The second-order valence-corrected chi connectivity index (χ2v) is 9.71. The molecule has 2 aromatic carbocycles. The lowest BCUT2D eigenvalue weighted by Gasteiger charge is -2.23. The van der Waals surface area contributed by atoms with Crippen LogP contribution in [0, 0.1) is 0 Å². The van der Waals surface area contributed by atoms with Crippen molar-refractivity contribution in [2.45, 2.75) is 38.1 Å². The average Bonchev–Trinajstić information content (AvgIpc) is 3.33. The summed E-state index contributed by atoms with van der Waals surface area (Å²) in [6.45, 7) is -0.0613. The first-order valence-corrected chi connectivity index (χ1v) is 12.9. The molecule has 0 unspecified atom stereocenters. The van der Waals surface area contributed by atoms with Crippen LogP contribution in [0.25, 0.3) is 11.3 Å². The van der Waals surface area contributed by atoms with Crippen molar-refractivity contribution in [3.05, 3.63) is 57.9 Å². The molecule has 1 amide bonds. The molecule has 1 aliphatic carbocycles. The smallest absolute Gasteiger partial charge is 0.258 e. The number of halogens is 1. The van der Waals surface area contributed by atoms with E-state index in [4.69, 9.17) is 9.47 Å². The number of hydrazone groups is 1. The summed E-state index contributed by atoms with van der Waals surface area (Å²) in [6.07, 6.45) is 7.33. The Kier molecular flexibility index (Phi) is 8.54. The first-order valence-electron chi connectivity index (χ1n) is 11.2. The molecule has 178 valence electrons. The third kappa shape index (κ3) is 6.57. The summed E-state index contributed by atoms with van der Waals surface area (Å²) in [7, 11) is 1.57. The highest BCUT2D eigenvalue weighted by atomic mass is 79.9.